The molecule has 8 heteroatoms. The number of nitrogens with one attached hydrogen (secondary N) is 1. The molecule has 2 heterocycles. The molecule has 0 spiro atoms. The van der Waals surface area contributed by atoms with Crippen LogP contribution in [-0.4, -0.2) is 23.5 Å². The molecule has 0 atom stereocenters. The predicted molar refractivity (Wildman–Crippen MR) is 68.0 cm³/mol. The fourth-order valence-corrected chi connectivity index (χ4v) is 2.15. The SMILES string of the molecule is CC(C)(C)c1nc(NS(=O)(=O)c2cccnc2)no1. The highest BCUT2D eigenvalue weighted by atomic mass is 32.2. The Morgan fingerprint density at radius 3 is 2.58 bits per heavy atom. The maximum absolute atomic E-state index is 12.0. The van der Waals surface area contributed by atoms with E-state index in [0.717, 1.165) is 0 Å². The average Bonchev–Trinajstić information content (AvgIpc) is 2.78. The van der Waals surface area contributed by atoms with Crippen LogP contribution in [0.15, 0.2) is 33.9 Å². The Bertz CT molecular complexity index is 659. The van der Waals surface area contributed by atoms with Gasteiger partial charge in [0.2, 0.25) is 5.89 Å². The van der Waals surface area contributed by atoms with Crippen molar-refractivity contribution in [2.24, 2.45) is 0 Å². The number of rotatable bonds is 3. The number of aromatic nitrogens is 3. The second-order valence-electron chi connectivity index (χ2n) is 4.97. The average molecular weight is 282 g/mol. The number of anilines is 1. The Morgan fingerprint density at radius 1 is 1.32 bits per heavy atom. The third-order valence-corrected chi connectivity index (χ3v) is 3.55. The zero-order valence-corrected chi connectivity index (χ0v) is 11.6. The summed E-state index contributed by atoms with van der Waals surface area (Å²) in [6, 6.07) is 2.96. The van der Waals surface area contributed by atoms with Crippen molar-refractivity contribution in [3.63, 3.8) is 0 Å². The van der Waals surface area contributed by atoms with Gasteiger partial charge in [-0.25, -0.2) is 13.1 Å². The lowest BCUT2D eigenvalue weighted by Gasteiger charge is -2.10. The molecule has 2 aromatic rings. The molecule has 1 N–H and O–H groups in total. The first-order chi connectivity index (χ1) is 8.79. The largest absolute Gasteiger partial charge is 0.337 e. The molecule has 102 valence electrons. The third kappa shape index (κ3) is 3.08. The van der Waals surface area contributed by atoms with Gasteiger partial charge in [0.05, 0.1) is 0 Å². The van der Waals surface area contributed by atoms with Gasteiger partial charge in [0.15, 0.2) is 0 Å². The van der Waals surface area contributed by atoms with Crippen molar-refractivity contribution in [1.29, 1.82) is 0 Å². The lowest BCUT2D eigenvalue weighted by molar-refractivity contribution is 0.321. The second-order valence-corrected chi connectivity index (χ2v) is 6.65. The Balaban J connectivity index is 2.25. The Hall–Kier alpha value is -1.96. The number of sulfonamides is 1. The molecule has 0 fully saturated rings. The third-order valence-electron chi connectivity index (χ3n) is 2.24. The fourth-order valence-electron chi connectivity index (χ4n) is 1.25. The molecular weight excluding hydrogens is 268 g/mol. The summed E-state index contributed by atoms with van der Waals surface area (Å²) in [6.45, 7) is 5.67. The van der Waals surface area contributed by atoms with Gasteiger partial charge in [-0.05, 0) is 17.3 Å². The van der Waals surface area contributed by atoms with E-state index < -0.39 is 10.0 Å². The summed E-state index contributed by atoms with van der Waals surface area (Å²) in [6.07, 6.45) is 2.73. The maximum Gasteiger partial charge on any atom is 0.277 e. The zero-order valence-electron chi connectivity index (χ0n) is 10.8. The van der Waals surface area contributed by atoms with Crippen molar-refractivity contribution in [3.05, 3.63) is 30.4 Å². The normalized spacial score (nSPS) is 12.4. The summed E-state index contributed by atoms with van der Waals surface area (Å²) in [5, 5.41) is 3.60. The molecule has 2 aromatic heterocycles. The van der Waals surface area contributed by atoms with Crippen LogP contribution >= 0.6 is 0 Å². The summed E-state index contributed by atoms with van der Waals surface area (Å²) >= 11 is 0. The minimum Gasteiger partial charge on any atom is -0.337 e. The van der Waals surface area contributed by atoms with Crippen LogP contribution in [0, 0.1) is 0 Å². The first kappa shape index (κ1) is 13.5. The molecule has 0 radical (unpaired) electrons. The molecule has 0 aromatic carbocycles. The standard InChI is InChI=1S/C11H14N4O3S/c1-11(2,3)9-13-10(14-18-9)15-19(16,17)8-5-4-6-12-7-8/h4-7H,1-3H3,(H,14,15). The first-order valence-electron chi connectivity index (χ1n) is 5.56. The smallest absolute Gasteiger partial charge is 0.277 e. The highest BCUT2D eigenvalue weighted by Gasteiger charge is 2.24. The highest BCUT2D eigenvalue weighted by molar-refractivity contribution is 7.92. The number of hydrogen-bond donors (Lipinski definition) is 1. The summed E-state index contributed by atoms with van der Waals surface area (Å²) in [7, 11) is -3.74. The van der Waals surface area contributed by atoms with E-state index in [1.807, 2.05) is 20.8 Å². The van der Waals surface area contributed by atoms with Gasteiger partial charge < -0.3 is 4.52 Å². The van der Waals surface area contributed by atoms with Crippen LogP contribution in [0.3, 0.4) is 0 Å². The van der Waals surface area contributed by atoms with Crippen molar-refractivity contribution in [2.75, 3.05) is 4.72 Å². The van der Waals surface area contributed by atoms with Crippen LogP contribution in [-0.2, 0) is 15.4 Å². The molecule has 0 aliphatic carbocycles. The number of hydrogen-bond acceptors (Lipinski definition) is 6. The van der Waals surface area contributed by atoms with Crippen LogP contribution in [0.2, 0.25) is 0 Å². The topological polar surface area (TPSA) is 98.0 Å². The van der Waals surface area contributed by atoms with E-state index in [-0.39, 0.29) is 16.3 Å². The van der Waals surface area contributed by atoms with Crippen LogP contribution in [0.25, 0.3) is 0 Å². The number of pyridine rings is 1. The fraction of sp³-hybridized carbons (Fsp3) is 0.364. The van der Waals surface area contributed by atoms with Gasteiger partial charge in [-0.15, -0.1) is 0 Å². The molecule has 0 aliphatic heterocycles. The quantitative estimate of drug-likeness (QED) is 0.917. The van der Waals surface area contributed by atoms with Gasteiger partial charge in [-0.2, -0.15) is 4.98 Å². The van der Waals surface area contributed by atoms with E-state index in [4.69, 9.17) is 4.52 Å². The molecule has 0 saturated carbocycles. The first-order valence-corrected chi connectivity index (χ1v) is 7.04. The van der Waals surface area contributed by atoms with E-state index >= 15 is 0 Å². The van der Waals surface area contributed by atoms with E-state index in [2.05, 4.69) is 19.8 Å². The number of nitrogens with zero attached hydrogens (tertiary/aromatic N) is 3. The molecule has 0 saturated heterocycles. The van der Waals surface area contributed by atoms with Crippen molar-refractivity contribution in [2.45, 2.75) is 31.1 Å². The van der Waals surface area contributed by atoms with Gasteiger partial charge >= 0.3 is 0 Å². The van der Waals surface area contributed by atoms with Gasteiger partial charge in [-0.1, -0.05) is 20.8 Å². The van der Waals surface area contributed by atoms with E-state index in [0.29, 0.717) is 5.89 Å². The Morgan fingerprint density at radius 2 is 2.05 bits per heavy atom. The lowest BCUT2D eigenvalue weighted by atomic mass is 9.97. The van der Waals surface area contributed by atoms with Crippen molar-refractivity contribution in [3.8, 4) is 0 Å². The maximum atomic E-state index is 12.0. The second kappa shape index (κ2) is 4.61. The molecule has 0 aliphatic rings. The molecular formula is C11H14N4O3S. The zero-order chi connectivity index (χ0) is 14.1. The van der Waals surface area contributed by atoms with Crippen molar-refractivity contribution < 1.29 is 12.9 Å². The minimum absolute atomic E-state index is 0.0390. The van der Waals surface area contributed by atoms with E-state index in [1.54, 1.807) is 0 Å². The molecule has 2 rings (SSSR count). The van der Waals surface area contributed by atoms with Crippen molar-refractivity contribution >= 4 is 16.0 Å². The lowest BCUT2D eigenvalue weighted by Crippen LogP contribution is -2.15. The van der Waals surface area contributed by atoms with Crippen LogP contribution < -0.4 is 4.72 Å². The van der Waals surface area contributed by atoms with E-state index in [1.165, 1.54) is 24.5 Å². The monoisotopic (exact) mass is 282 g/mol. The summed E-state index contributed by atoms with van der Waals surface area (Å²) < 4.78 is 31.2. The summed E-state index contributed by atoms with van der Waals surface area (Å²) in [4.78, 5) is 7.80. The van der Waals surface area contributed by atoms with E-state index in [9.17, 15) is 8.42 Å². The van der Waals surface area contributed by atoms with Gasteiger partial charge in [-0.3, -0.25) is 4.98 Å². The van der Waals surface area contributed by atoms with Gasteiger partial charge in [0.1, 0.15) is 4.90 Å². The molecule has 0 unspecified atom stereocenters. The molecule has 0 amide bonds. The molecule has 7 nitrogen and oxygen atoms in total. The van der Waals surface area contributed by atoms with Crippen molar-refractivity contribution in [1.82, 2.24) is 15.1 Å². The van der Waals surface area contributed by atoms with Crippen LogP contribution in [0.4, 0.5) is 5.95 Å². The van der Waals surface area contributed by atoms with Gasteiger partial charge in [0, 0.05) is 17.8 Å². The van der Waals surface area contributed by atoms with Crippen LogP contribution in [0.5, 0.6) is 0 Å². The molecule has 0 bridgehead atoms. The summed E-state index contributed by atoms with van der Waals surface area (Å²) in [5.74, 6) is 0.269. The highest BCUT2D eigenvalue weighted by Crippen LogP contribution is 2.21. The van der Waals surface area contributed by atoms with Gasteiger partial charge in [0.25, 0.3) is 16.0 Å². The summed E-state index contributed by atoms with van der Waals surface area (Å²) in [5.41, 5.74) is -0.342. The Labute approximate surface area is 111 Å². The molecule has 19 heavy (non-hydrogen) atoms. The Kier molecular flexibility index (Phi) is 3.27. The van der Waals surface area contributed by atoms with Crippen LogP contribution in [0.1, 0.15) is 26.7 Å². The minimum atomic E-state index is -3.74. The predicted octanol–water partition coefficient (Wildman–Crippen LogP) is 1.56.